The molecule has 0 amide bonds. The van der Waals surface area contributed by atoms with Gasteiger partial charge >= 0.3 is 0 Å². The van der Waals surface area contributed by atoms with Gasteiger partial charge < -0.3 is 14.4 Å². The molecule has 4 heteroatoms. The van der Waals surface area contributed by atoms with Crippen LogP contribution in [0.15, 0.2) is 242 Å². The minimum Gasteiger partial charge on any atom is -0.310 e. The van der Waals surface area contributed by atoms with Gasteiger partial charge in [0.05, 0.1) is 53.9 Å². The van der Waals surface area contributed by atoms with Crippen LogP contribution in [0.3, 0.4) is 0 Å². The maximum atomic E-state index is 12.0. The summed E-state index contributed by atoms with van der Waals surface area (Å²) >= 11 is 0. The lowest BCUT2D eigenvalue weighted by Crippen LogP contribution is -2.61. The van der Waals surface area contributed by atoms with Crippen LogP contribution in [-0.2, 0) is 65.0 Å². The van der Waals surface area contributed by atoms with Gasteiger partial charge in [-0.2, -0.15) is 0 Å². The second-order valence-electron chi connectivity index (χ2n) is 49.1. The Morgan fingerprint density at radius 2 is 0.615 bits per heavy atom. The van der Waals surface area contributed by atoms with E-state index in [-0.39, 0.29) is 193 Å². The van der Waals surface area contributed by atoms with Crippen molar-refractivity contribution in [2.75, 3.05) is 9.80 Å². The van der Waals surface area contributed by atoms with Crippen molar-refractivity contribution < 1.29 is 31.5 Å². The predicted molar refractivity (Wildman–Crippen MR) is 572 cm³/mol. The van der Waals surface area contributed by atoms with Crippen molar-refractivity contribution in [2.24, 2.45) is 0 Å². The monoisotopic (exact) mass is 1740 g/mol. The SMILES string of the molecule is [2H]c1c([2H])c([2H])c(-c2ccc3c(c2)B2c4ccc(-n5c6ccc(C(C)(C)C)cc6c6cc(C(C)(C)C)ccc65)cc4N(c4c(-c5c([2H])c([2H])c(C(C)(C)C)c([2H])c5[2H])c([2H])c(C(C)(C)C)c([2H])c4-c4c([2H])c(C(C)(C)C)c([2H])c(C(C)(C)C)c4[2H])c4cc(-c5cc(C(C)(C)C)cc(C(C)(C)C)c5)cc(c42)N3c2c(-c3c([2H])c([2H])c(C(C)(C)C)c([2H])c3[2H])c([2H])c(C(C)(C)C)c([2H])c2-c2c([2H])c([2H])c(C(C)(C)C)c([2H])c2C(C)(C)C)c([2H])c1[2H]. The summed E-state index contributed by atoms with van der Waals surface area (Å²) in [5.41, 5.74) is -4.09. The molecule has 13 aromatic carbocycles. The Bertz CT molecular complexity index is 8060. The van der Waals surface area contributed by atoms with Gasteiger partial charge in [0.25, 0.3) is 6.71 Å². The average molecular weight is 1740 g/mol. The highest BCUT2D eigenvalue weighted by Crippen LogP contribution is 2.58. The molecule has 0 N–H and O–H groups in total. The fourth-order valence-electron chi connectivity index (χ4n) is 17.7. The summed E-state index contributed by atoms with van der Waals surface area (Å²) < 4.78 is 251. The molecule has 670 valence electrons. The summed E-state index contributed by atoms with van der Waals surface area (Å²) in [4.78, 5) is 3.71. The second-order valence-corrected chi connectivity index (χ2v) is 49.1. The lowest BCUT2D eigenvalue weighted by atomic mass is 9.33. The zero-order valence-corrected chi connectivity index (χ0v) is 84.2. The van der Waals surface area contributed by atoms with Gasteiger partial charge in [-0.05, 0) is 271 Å². The Morgan fingerprint density at radius 1 is 0.223 bits per heavy atom. The molecule has 0 fully saturated rings. The van der Waals surface area contributed by atoms with Gasteiger partial charge in [0.2, 0.25) is 0 Å². The van der Waals surface area contributed by atoms with E-state index in [4.69, 9.17) is 1.37 Å². The van der Waals surface area contributed by atoms with Crippen molar-refractivity contribution in [1.82, 2.24) is 4.57 Å². The number of aromatic nitrogens is 1. The van der Waals surface area contributed by atoms with Crippen molar-refractivity contribution in [2.45, 2.75) is 314 Å². The van der Waals surface area contributed by atoms with Gasteiger partial charge in [0, 0.05) is 61.5 Å². The largest absolute Gasteiger partial charge is 0.310 e. The molecule has 0 atom stereocenters. The fourth-order valence-corrected chi connectivity index (χ4v) is 17.7. The molecule has 16 rings (SSSR count). The van der Waals surface area contributed by atoms with E-state index in [0.29, 0.717) is 22.3 Å². The molecule has 14 aromatic rings. The number of rotatable bonds is 9. The van der Waals surface area contributed by atoms with Crippen LogP contribution < -0.4 is 26.2 Å². The highest BCUT2D eigenvalue weighted by molar-refractivity contribution is 7.00. The van der Waals surface area contributed by atoms with Gasteiger partial charge in [-0.25, -0.2) is 0 Å². The van der Waals surface area contributed by atoms with Crippen molar-refractivity contribution in [1.29, 1.82) is 0 Å². The Hall–Kier alpha value is -10.7. The Balaban J connectivity index is 1.33. The molecule has 0 saturated carbocycles. The highest BCUT2D eigenvalue weighted by Gasteiger charge is 2.48. The topological polar surface area (TPSA) is 11.4 Å². The maximum absolute atomic E-state index is 12.0. The molecule has 2 aliphatic heterocycles. The fraction of sp³-hybridized carbons (Fsp3) is 0.381. The summed E-state index contributed by atoms with van der Waals surface area (Å²) in [6.45, 7) is 68.8. The Morgan fingerprint density at radius 3 is 1.05 bits per heavy atom. The van der Waals surface area contributed by atoms with E-state index in [9.17, 15) is 30.2 Å². The molecule has 3 nitrogen and oxygen atoms in total. The molecule has 0 radical (unpaired) electrons. The van der Waals surface area contributed by atoms with E-state index in [2.05, 4.69) is 142 Å². The molecular weight excluding hydrogens is 1570 g/mol. The standard InChI is InChI=1S/C126H148BN3/c1-115(2,3)84-47-42-78(43-48-84)97-71-93(124(28,29)30)73-99(83-62-91(122(22,23)24)68-92(63-83)123(25,26)27)113(97)130-109-76-95(128-106-58-52-86(117(7,8)9)69-100(106)101-70-87(118(10,11)12)53-59-107(101)128)54-56-104(109)127-105-64-80(77-40-38-37-39-41-77)46-57-108(105)129(110-65-82(66-111(130)112(110)127)81-60-89(120(16,17)18)67-90(61-81)121(19,20)21)114-98(79-44-49-85(50-45-79)116(4,5)6)72-94(125(31,32)33)74-102(114)96-55-51-88(119(13,14)15)75-103(96)126(34,35)36/h37-76H,1-36H3/i37D,38D,39D,40D,41D,42D,43D,44D,45D,47D,48D,49D,50D,51D,55D,62D,63D,68D,71D,72D,73D,74D,75D. The normalized spacial score (nSPS) is 16.4. The Kier molecular flexibility index (Phi) is 16.4. The lowest BCUT2D eigenvalue weighted by Gasteiger charge is -2.46. The van der Waals surface area contributed by atoms with E-state index >= 15 is 0 Å². The molecule has 0 unspecified atom stereocenters. The van der Waals surface area contributed by atoms with Crippen molar-refractivity contribution in [3.8, 4) is 72.4 Å². The number of fused-ring (bicyclic) bond motifs is 7. The second kappa shape index (κ2) is 31.5. The molecule has 0 saturated heterocycles. The quantitative estimate of drug-likeness (QED) is 0.133. The minimum absolute atomic E-state index is 0.0101. The van der Waals surface area contributed by atoms with Gasteiger partial charge in [-0.3, -0.25) is 0 Å². The predicted octanol–water partition coefficient (Wildman–Crippen LogP) is 34.4. The average Bonchev–Trinajstić information content (AvgIpc) is 0.883. The van der Waals surface area contributed by atoms with Crippen LogP contribution in [0.1, 0.15) is 348 Å². The number of anilines is 6. The molecule has 130 heavy (non-hydrogen) atoms. The molecule has 0 aliphatic carbocycles. The number of nitrogens with zero attached hydrogens (tertiary/aromatic N) is 3. The van der Waals surface area contributed by atoms with Crippen LogP contribution in [0.25, 0.3) is 94.3 Å². The molecule has 0 bridgehead atoms. The third-order valence-corrected chi connectivity index (χ3v) is 25.8. The summed E-state index contributed by atoms with van der Waals surface area (Å²) in [5, 5.41) is 1.83. The molecular formula is C126H148BN3. The van der Waals surface area contributed by atoms with Gasteiger partial charge in [-0.15, -0.1) is 0 Å². The van der Waals surface area contributed by atoms with Gasteiger partial charge in [-0.1, -0.05) is 413 Å². The first-order valence-electron chi connectivity index (χ1n) is 58.0. The highest BCUT2D eigenvalue weighted by atomic mass is 15.2. The first kappa shape index (κ1) is 67.5. The van der Waals surface area contributed by atoms with E-state index in [1.54, 1.807) is 59.7 Å². The van der Waals surface area contributed by atoms with Crippen molar-refractivity contribution in [3.05, 3.63) is 309 Å². The molecule has 1 aromatic heterocycles. The summed E-state index contributed by atoms with van der Waals surface area (Å²) in [7, 11) is 0. The molecule has 3 heterocycles. The summed E-state index contributed by atoms with van der Waals surface area (Å²) in [6.07, 6.45) is 0. The summed E-state index contributed by atoms with van der Waals surface area (Å²) in [6, 6.07) is 24.0. The zero-order valence-electron chi connectivity index (χ0n) is 107. The summed E-state index contributed by atoms with van der Waals surface area (Å²) in [5.74, 6) is 0. The minimum atomic E-state index is -1.30. The zero-order chi connectivity index (χ0) is 115. The third-order valence-electron chi connectivity index (χ3n) is 25.8. The van der Waals surface area contributed by atoms with Crippen LogP contribution in [-0.4, -0.2) is 11.3 Å². The van der Waals surface area contributed by atoms with Gasteiger partial charge in [0.1, 0.15) is 0 Å². The van der Waals surface area contributed by atoms with Crippen molar-refractivity contribution >= 4 is 79.0 Å². The van der Waals surface area contributed by atoms with E-state index in [1.807, 2.05) is 165 Å². The van der Waals surface area contributed by atoms with E-state index in [1.165, 1.54) is 0 Å². The number of hydrogen-bond acceptors (Lipinski definition) is 2. The first-order chi connectivity index (χ1) is 69.7. The van der Waals surface area contributed by atoms with Crippen LogP contribution in [0.4, 0.5) is 34.1 Å². The number of hydrogen-bond donors (Lipinski definition) is 0. The van der Waals surface area contributed by atoms with Crippen molar-refractivity contribution in [3.63, 3.8) is 0 Å². The third kappa shape index (κ3) is 17.4. The smallest absolute Gasteiger partial charge is 0.252 e. The van der Waals surface area contributed by atoms with Crippen LogP contribution in [0.2, 0.25) is 0 Å². The molecule has 2 aliphatic rings. The van der Waals surface area contributed by atoms with Gasteiger partial charge in [0.15, 0.2) is 0 Å². The van der Waals surface area contributed by atoms with Crippen LogP contribution in [0, 0.1) is 0 Å². The number of benzene rings is 13. The molecule has 0 spiro atoms. The first-order valence-corrected chi connectivity index (χ1v) is 46.5. The van der Waals surface area contributed by atoms with E-state index in [0.717, 1.165) is 44.1 Å². The van der Waals surface area contributed by atoms with Crippen LogP contribution in [0.5, 0.6) is 0 Å². The Labute approximate surface area is 816 Å². The lowest BCUT2D eigenvalue weighted by molar-refractivity contribution is 0.568. The van der Waals surface area contributed by atoms with E-state index < -0.39 is 163 Å². The van der Waals surface area contributed by atoms with Crippen LogP contribution >= 0.6 is 0 Å². The maximum Gasteiger partial charge on any atom is 0.252 e.